The van der Waals surface area contributed by atoms with Gasteiger partial charge in [-0.25, -0.2) is 0 Å². The molecule has 150 valence electrons. The highest BCUT2D eigenvalue weighted by molar-refractivity contribution is 7.80. The number of alkyl halides is 3. The molecule has 0 saturated heterocycles. The largest absolute Gasteiger partial charge is 0.573 e. The molecule has 0 atom stereocenters. The van der Waals surface area contributed by atoms with E-state index in [-0.39, 0.29) is 17.5 Å². The van der Waals surface area contributed by atoms with Crippen LogP contribution in [-0.2, 0) is 4.79 Å². The van der Waals surface area contributed by atoms with Gasteiger partial charge >= 0.3 is 6.36 Å². The molecule has 0 fully saturated rings. The second kappa shape index (κ2) is 9.27. The first-order valence-corrected chi connectivity index (χ1v) is 8.44. The first kappa shape index (κ1) is 21.3. The van der Waals surface area contributed by atoms with Gasteiger partial charge in [0.1, 0.15) is 11.5 Å². The summed E-state index contributed by atoms with van der Waals surface area (Å²) >= 11 is 5.00. The number of hydrogen-bond acceptors (Lipinski definition) is 4. The van der Waals surface area contributed by atoms with Gasteiger partial charge in [0.05, 0.1) is 0 Å². The van der Waals surface area contributed by atoms with E-state index in [4.69, 9.17) is 17.0 Å². The average Bonchev–Trinajstić information content (AvgIpc) is 2.58. The van der Waals surface area contributed by atoms with Gasteiger partial charge in [-0.05, 0) is 73.6 Å². The van der Waals surface area contributed by atoms with Crippen molar-refractivity contribution in [3.05, 3.63) is 53.6 Å². The van der Waals surface area contributed by atoms with Crippen LogP contribution in [0.25, 0.3) is 0 Å². The number of hydrazine groups is 1. The molecule has 2 rings (SSSR count). The quantitative estimate of drug-likeness (QED) is 0.514. The number of carbonyl (C=O) groups excluding carboxylic acids is 1. The van der Waals surface area contributed by atoms with E-state index in [0.717, 1.165) is 23.3 Å². The molecule has 10 heteroatoms. The third kappa shape index (κ3) is 7.70. The third-order valence-corrected chi connectivity index (χ3v) is 3.43. The van der Waals surface area contributed by atoms with Crippen molar-refractivity contribution in [2.24, 2.45) is 0 Å². The third-order valence-electron chi connectivity index (χ3n) is 3.23. The van der Waals surface area contributed by atoms with Crippen molar-refractivity contribution >= 4 is 28.9 Å². The molecule has 0 bridgehead atoms. The molecule has 2 aromatic rings. The second-order valence-corrected chi connectivity index (χ2v) is 6.22. The zero-order chi connectivity index (χ0) is 20.7. The summed E-state index contributed by atoms with van der Waals surface area (Å²) in [6.07, 6.45) is -4.75. The molecule has 6 nitrogen and oxygen atoms in total. The Labute approximate surface area is 165 Å². The predicted molar refractivity (Wildman–Crippen MR) is 102 cm³/mol. The van der Waals surface area contributed by atoms with Crippen LogP contribution in [0.1, 0.15) is 11.1 Å². The fourth-order valence-electron chi connectivity index (χ4n) is 2.23. The minimum Gasteiger partial charge on any atom is -0.484 e. The van der Waals surface area contributed by atoms with E-state index in [2.05, 4.69) is 20.9 Å². The van der Waals surface area contributed by atoms with Gasteiger partial charge in [0.2, 0.25) is 0 Å². The summed E-state index contributed by atoms with van der Waals surface area (Å²) in [6.45, 7) is 3.63. The number of carbonyl (C=O) groups is 1. The summed E-state index contributed by atoms with van der Waals surface area (Å²) in [4.78, 5) is 11.8. The van der Waals surface area contributed by atoms with Gasteiger partial charge in [-0.2, -0.15) is 0 Å². The molecule has 1 amide bonds. The van der Waals surface area contributed by atoms with E-state index >= 15 is 0 Å². The first-order chi connectivity index (χ1) is 13.1. The van der Waals surface area contributed by atoms with Crippen LogP contribution >= 0.6 is 12.2 Å². The Hall–Kier alpha value is -3.01. The molecule has 0 aliphatic heterocycles. The fraction of sp³-hybridized carbons (Fsp3) is 0.222. The first-order valence-electron chi connectivity index (χ1n) is 8.03. The summed E-state index contributed by atoms with van der Waals surface area (Å²) in [7, 11) is 0. The van der Waals surface area contributed by atoms with Crippen molar-refractivity contribution in [1.29, 1.82) is 0 Å². The number of hydrogen-bond donors (Lipinski definition) is 3. The van der Waals surface area contributed by atoms with Crippen molar-refractivity contribution in [3.63, 3.8) is 0 Å². The molecule has 3 N–H and O–H groups in total. The van der Waals surface area contributed by atoms with Gasteiger partial charge in [-0.1, -0.05) is 6.07 Å². The van der Waals surface area contributed by atoms with Crippen molar-refractivity contribution in [2.75, 3.05) is 11.9 Å². The average molecular weight is 413 g/mol. The fourth-order valence-corrected chi connectivity index (χ4v) is 2.40. The van der Waals surface area contributed by atoms with Crippen LogP contribution in [0.2, 0.25) is 0 Å². The molecule has 0 aliphatic carbocycles. The molecule has 0 heterocycles. The van der Waals surface area contributed by atoms with Crippen molar-refractivity contribution in [2.45, 2.75) is 20.2 Å². The van der Waals surface area contributed by atoms with E-state index in [1.54, 1.807) is 0 Å². The van der Waals surface area contributed by atoms with Crippen LogP contribution in [-0.4, -0.2) is 24.0 Å². The lowest BCUT2D eigenvalue weighted by Gasteiger charge is -2.13. The van der Waals surface area contributed by atoms with Crippen molar-refractivity contribution in [3.8, 4) is 11.5 Å². The molecule has 0 unspecified atom stereocenters. The van der Waals surface area contributed by atoms with Crippen molar-refractivity contribution < 1.29 is 27.4 Å². The van der Waals surface area contributed by atoms with E-state index in [1.807, 2.05) is 32.0 Å². The number of nitrogens with one attached hydrogen (secondary N) is 3. The Morgan fingerprint density at radius 2 is 1.61 bits per heavy atom. The Morgan fingerprint density at radius 3 is 2.18 bits per heavy atom. The number of benzene rings is 2. The van der Waals surface area contributed by atoms with E-state index < -0.39 is 12.3 Å². The summed E-state index contributed by atoms with van der Waals surface area (Å²) < 4.78 is 45.5. The van der Waals surface area contributed by atoms with Gasteiger partial charge in [0.25, 0.3) is 5.91 Å². The van der Waals surface area contributed by atoms with Gasteiger partial charge in [-0.15, -0.1) is 13.2 Å². The number of anilines is 1. The summed E-state index contributed by atoms with van der Waals surface area (Å²) in [5, 5.41) is 2.75. The Balaban J connectivity index is 1.74. The zero-order valence-corrected chi connectivity index (χ0v) is 15.8. The van der Waals surface area contributed by atoms with Crippen LogP contribution in [0.3, 0.4) is 0 Å². The molecule has 0 aromatic heterocycles. The highest BCUT2D eigenvalue weighted by atomic mass is 32.1. The van der Waals surface area contributed by atoms with Gasteiger partial charge < -0.3 is 14.8 Å². The smallest absolute Gasteiger partial charge is 0.484 e. The standard InChI is InChI=1S/C18H18F3N3O3S/c1-11-7-12(2)9-15(8-11)26-10-16(25)23-24-17(28)22-13-3-5-14(6-4-13)27-18(19,20)21/h3-9H,10H2,1-2H3,(H,23,25)(H2,22,24,28). The van der Waals surface area contributed by atoms with Crippen LogP contribution < -0.4 is 25.6 Å². The van der Waals surface area contributed by atoms with Crippen LogP contribution in [0.4, 0.5) is 18.9 Å². The topological polar surface area (TPSA) is 71.6 Å². The molecule has 2 aromatic carbocycles. The minimum atomic E-state index is -4.75. The predicted octanol–water partition coefficient (Wildman–Crippen LogP) is 3.60. The number of halogens is 3. The lowest BCUT2D eigenvalue weighted by atomic mass is 10.1. The van der Waals surface area contributed by atoms with E-state index in [0.29, 0.717) is 11.4 Å². The molecule has 0 saturated carbocycles. The van der Waals surface area contributed by atoms with Gasteiger partial charge in [0, 0.05) is 5.69 Å². The van der Waals surface area contributed by atoms with Gasteiger partial charge in [-0.3, -0.25) is 15.6 Å². The molecule has 0 aliphatic rings. The Morgan fingerprint density at radius 1 is 1.00 bits per heavy atom. The van der Waals surface area contributed by atoms with Crippen molar-refractivity contribution in [1.82, 2.24) is 10.9 Å². The molecule has 0 spiro atoms. The van der Waals surface area contributed by atoms with Crippen LogP contribution in [0.5, 0.6) is 11.5 Å². The monoisotopic (exact) mass is 413 g/mol. The maximum atomic E-state index is 12.1. The number of ether oxygens (including phenoxy) is 2. The SMILES string of the molecule is Cc1cc(C)cc(OCC(=O)NNC(=S)Nc2ccc(OC(F)(F)F)cc2)c1. The number of amides is 1. The number of rotatable bonds is 5. The van der Waals surface area contributed by atoms with E-state index in [9.17, 15) is 18.0 Å². The summed E-state index contributed by atoms with van der Waals surface area (Å²) in [5.74, 6) is -0.236. The number of aryl methyl sites for hydroxylation is 2. The molecule has 0 radical (unpaired) electrons. The minimum absolute atomic E-state index is 0.0456. The second-order valence-electron chi connectivity index (χ2n) is 5.81. The summed E-state index contributed by atoms with van der Waals surface area (Å²) in [6, 6.07) is 10.6. The van der Waals surface area contributed by atoms with Crippen LogP contribution in [0.15, 0.2) is 42.5 Å². The van der Waals surface area contributed by atoms with E-state index in [1.165, 1.54) is 12.1 Å². The molecular weight excluding hydrogens is 395 g/mol. The Bertz CT molecular complexity index is 822. The Kier molecular flexibility index (Phi) is 7.05. The van der Waals surface area contributed by atoms with Crippen LogP contribution in [0, 0.1) is 13.8 Å². The maximum Gasteiger partial charge on any atom is 0.573 e. The zero-order valence-electron chi connectivity index (χ0n) is 15.0. The maximum absolute atomic E-state index is 12.1. The lowest BCUT2D eigenvalue weighted by Crippen LogP contribution is -2.45. The highest BCUT2D eigenvalue weighted by Crippen LogP contribution is 2.23. The highest BCUT2D eigenvalue weighted by Gasteiger charge is 2.30. The number of thiocarbonyl (C=S) groups is 1. The van der Waals surface area contributed by atoms with Gasteiger partial charge in [0.15, 0.2) is 11.7 Å². The summed E-state index contributed by atoms with van der Waals surface area (Å²) in [5.41, 5.74) is 7.27. The molecule has 28 heavy (non-hydrogen) atoms. The lowest BCUT2D eigenvalue weighted by molar-refractivity contribution is -0.274. The normalized spacial score (nSPS) is 10.8. The molecular formula is C18H18F3N3O3S.